The number of rotatable bonds is 3. The van der Waals surface area contributed by atoms with Crippen molar-refractivity contribution in [2.45, 2.75) is 29.2 Å². The Morgan fingerprint density at radius 2 is 1.77 bits per heavy atom. The average molecular weight is 430 g/mol. The van der Waals surface area contributed by atoms with Gasteiger partial charge in [-0.15, -0.1) is 0 Å². The van der Waals surface area contributed by atoms with Crippen molar-refractivity contribution in [1.82, 2.24) is 5.01 Å². The van der Waals surface area contributed by atoms with Crippen molar-refractivity contribution in [3.8, 4) is 5.75 Å². The molecule has 0 radical (unpaired) electrons. The molecule has 2 aliphatic rings. The molecule has 0 aromatic heterocycles. The number of methoxy groups -OCH3 is 1. The lowest BCUT2D eigenvalue weighted by Gasteiger charge is -2.30. The summed E-state index contributed by atoms with van der Waals surface area (Å²) in [7, 11) is 3.75. The molecule has 1 unspecified atom stereocenters. The van der Waals surface area contributed by atoms with E-state index in [9.17, 15) is 4.79 Å². The van der Waals surface area contributed by atoms with Gasteiger partial charge in [-0.2, -0.15) is 5.10 Å². The summed E-state index contributed by atoms with van der Waals surface area (Å²) in [4.78, 5) is 17.1. The Labute approximate surface area is 186 Å². The van der Waals surface area contributed by atoms with Crippen molar-refractivity contribution in [2.24, 2.45) is 5.10 Å². The quantitative estimate of drug-likeness (QED) is 0.542. The van der Waals surface area contributed by atoms with E-state index >= 15 is 0 Å². The molecular weight excluding hydrogens is 406 g/mol. The third kappa shape index (κ3) is 3.47. The predicted octanol–water partition coefficient (Wildman–Crippen LogP) is 5.63. The second-order valence-electron chi connectivity index (χ2n) is 7.71. The number of carbonyl (C=O) groups excluding carboxylic acids is 1. The number of anilines is 2. The Kier molecular flexibility index (Phi) is 4.94. The standard InChI is InChI=1S/C25H23N3O2S/c1-16(29)28-23(15-20(26-28)17-8-11-19(30-3)12-9-17)18-10-13-22-25(14-18)31-24-7-5-4-6-21(24)27(22)2/h4-14,23H,15H2,1-3H3. The summed E-state index contributed by atoms with van der Waals surface area (Å²) in [5.41, 5.74) is 5.41. The lowest BCUT2D eigenvalue weighted by molar-refractivity contribution is -0.130. The number of nitrogens with zero attached hydrogens (tertiary/aromatic N) is 3. The molecule has 0 saturated carbocycles. The number of hydrazone groups is 1. The normalized spacial score (nSPS) is 17.1. The van der Waals surface area contributed by atoms with Gasteiger partial charge >= 0.3 is 0 Å². The summed E-state index contributed by atoms with van der Waals surface area (Å²) < 4.78 is 5.26. The maximum absolute atomic E-state index is 12.4. The molecule has 3 aromatic rings. The molecule has 5 rings (SSSR count). The van der Waals surface area contributed by atoms with Gasteiger partial charge in [0.25, 0.3) is 0 Å². The van der Waals surface area contributed by atoms with E-state index in [1.54, 1.807) is 30.8 Å². The Bertz CT molecular complexity index is 1190. The van der Waals surface area contributed by atoms with Gasteiger partial charge < -0.3 is 9.64 Å². The molecule has 6 heteroatoms. The fourth-order valence-corrected chi connectivity index (χ4v) is 5.38. The van der Waals surface area contributed by atoms with Crippen LogP contribution in [0.25, 0.3) is 0 Å². The third-order valence-corrected chi connectivity index (χ3v) is 6.94. The van der Waals surface area contributed by atoms with Crippen LogP contribution >= 0.6 is 11.8 Å². The molecule has 0 aliphatic carbocycles. The minimum atomic E-state index is -0.108. The second-order valence-corrected chi connectivity index (χ2v) is 8.80. The molecule has 31 heavy (non-hydrogen) atoms. The molecule has 0 bridgehead atoms. The lowest BCUT2D eigenvalue weighted by atomic mass is 9.98. The van der Waals surface area contributed by atoms with E-state index in [0.717, 1.165) is 22.6 Å². The molecule has 0 spiro atoms. The van der Waals surface area contributed by atoms with Crippen LogP contribution in [-0.2, 0) is 4.79 Å². The Morgan fingerprint density at radius 1 is 1.03 bits per heavy atom. The summed E-state index contributed by atoms with van der Waals surface area (Å²) >= 11 is 1.77. The minimum Gasteiger partial charge on any atom is -0.497 e. The van der Waals surface area contributed by atoms with Crippen LogP contribution in [0.1, 0.15) is 30.5 Å². The zero-order chi connectivity index (χ0) is 21.5. The molecule has 2 heterocycles. The van der Waals surface area contributed by atoms with E-state index < -0.39 is 0 Å². The molecule has 156 valence electrons. The van der Waals surface area contributed by atoms with Gasteiger partial charge in [0.2, 0.25) is 5.91 Å². The van der Waals surface area contributed by atoms with Gasteiger partial charge in [0.15, 0.2) is 0 Å². The molecule has 0 N–H and O–H groups in total. The highest BCUT2D eigenvalue weighted by atomic mass is 32.2. The smallest absolute Gasteiger partial charge is 0.240 e. The van der Waals surface area contributed by atoms with E-state index in [1.807, 2.05) is 24.3 Å². The fourth-order valence-electron chi connectivity index (χ4n) is 4.18. The summed E-state index contributed by atoms with van der Waals surface area (Å²) in [6.45, 7) is 1.57. The van der Waals surface area contributed by atoms with E-state index in [4.69, 9.17) is 4.74 Å². The number of amides is 1. The molecule has 3 aromatic carbocycles. The predicted molar refractivity (Wildman–Crippen MR) is 124 cm³/mol. The first-order valence-electron chi connectivity index (χ1n) is 10.2. The monoisotopic (exact) mass is 429 g/mol. The van der Waals surface area contributed by atoms with Crippen molar-refractivity contribution < 1.29 is 9.53 Å². The molecule has 5 nitrogen and oxygen atoms in total. The lowest BCUT2D eigenvalue weighted by Crippen LogP contribution is -2.24. The van der Waals surface area contributed by atoms with Gasteiger partial charge in [-0.05, 0) is 59.7 Å². The maximum Gasteiger partial charge on any atom is 0.240 e. The summed E-state index contributed by atoms with van der Waals surface area (Å²) in [6.07, 6.45) is 0.682. The van der Waals surface area contributed by atoms with Crippen molar-refractivity contribution in [3.63, 3.8) is 0 Å². The van der Waals surface area contributed by atoms with Gasteiger partial charge in [-0.25, -0.2) is 5.01 Å². The number of benzene rings is 3. The van der Waals surface area contributed by atoms with Crippen LogP contribution in [-0.4, -0.2) is 30.8 Å². The zero-order valence-electron chi connectivity index (χ0n) is 17.7. The first-order valence-corrected chi connectivity index (χ1v) is 11.0. The van der Waals surface area contributed by atoms with Crippen molar-refractivity contribution in [1.29, 1.82) is 0 Å². The first kappa shape index (κ1) is 19.7. The molecule has 0 fully saturated rings. The van der Waals surface area contributed by atoms with Gasteiger partial charge in [-0.1, -0.05) is 30.0 Å². The van der Waals surface area contributed by atoms with Crippen LogP contribution < -0.4 is 9.64 Å². The molecule has 1 amide bonds. The number of hydrogen-bond donors (Lipinski definition) is 0. The van der Waals surface area contributed by atoms with Crippen LogP contribution in [0.5, 0.6) is 5.75 Å². The number of fused-ring (bicyclic) bond motifs is 2. The van der Waals surface area contributed by atoms with Gasteiger partial charge in [-0.3, -0.25) is 4.79 Å². The van der Waals surface area contributed by atoms with Crippen molar-refractivity contribution in [3.05, 3.63) is 77.9 Å². The highest BCUT2D eigenvalue weighted by molar-refractivity contribution is 7.99. The van der Waals surface area contributed by atoms with Crippen molar-refractivity contribution in [2.75, 3.05) is 19.1 Å². The topological polar surface area (TPSA) is 45.1 Å². The Balaban J connectivity index is 1.47. The minimum absolute atomic E-state index is 0.0543. The van der Waals surface area contributed by atoms with Crippen LogP contribution in [0.15, 0.2) is 81.6 Å². The number of para-hydroxylation sites is 1. The highest BCUT2D eigenvalue weighted by Gasteiger charge is 2.32. The van der Waals surface area contributed by atoms with E-state index in [1.165, 1.54) is 21.2 Å². The van der Waals surface area contributed by atoms with E-state index in [-0.39, 0.29) is 11.9 Å². The third-order valence-electron chi connectivity index (χ3n) is 5.83. The first-order chi connectivity index (χ1) is 15.0. The van der Waals surface area contributed by atoms with Crippen LogP contribution in [0.4, 0.5) is 11.4 Å². The Hall–Kier alpha value is -3.25. The molecule has 0 saturated heterocycles. The second kappa shape index (κ2) is 7.78. The number of carbonyl (C=O) groups is 1. The summed E-state index contributed by atoms with van der Waals surface area (Å²) in [6, 6.07) is 22.6. The maximum atomic E-state index is 12.4. The van der Waals surface area contributed by atoms with Crippen molar-refractivity contribution >= 4 is 34.8 Å². The summed E-state index contributed by atoms with van der Waals surface area (Å²) in [5, 5.41) is 6.29. The largest absolute Gasteiger partial charge is 0.497 e. The average Bonchev–Trinajstić information content (AvgIpc) is 3.25. The van der Waals surface area contributed by atoms with Gasteiger partial charge in [0, 0.05) is 30.2 Å². The van der Waals surface area contributed by atoms with Gasteiger partial charge in [0.1, 0.15) is 5.75 Å². The summed E-state index contributed by atoms with van der Waals surface area (Å²) in [5.74, 6) is 0.750. The van der Waals surface area contributed by atoms with Crippen LogP contribution in [0.3, 0.4) is 0 Å². The highest BCUT2D eigenvalue weighted by Crippen LogP contribution is 2.48. The Morgan fingerprint density at radius 3 is 2.52 bits per heavy atom. The molecular formula is C25H23N3O2S. The van der Waals surface area contributed by atoms with Crippen LogP contribution in [0, 0.1) is 0 Å². The fraction of sp³-hybridized carbons (Fsp3) is 0.200. The molecule has 2 aliphatic heterocycles. The SMILES string of the molecule is COc1ccc(C2=NN(C(C)=O)C(c3ccc4c(c3)Sc3ccccc3N4C)C2)cc1. The van der Waals surface area contributed by atoms with E-state index in [2.05, 4.69) is 59.5 Å². The van der Waals surface area contributed by atoms with E-state index in [0.29, 0.717) is 6.42 Å². The number of hydrogen-bond acceptors (Lipinski definition) is 5. The van der Waals surface area contributed by atoms with Gasteiger partial charge in [0.05, 0.1) is 30.2 Å². The molecule has 1 atom stereocenters. The van der Waals surface area contributed by atoms with Crippen LogP contribution in [0.2, 0.25) is 0 Å². The zero-order valence-corrected chi connectivity index (χ0v) is 18.5. The number of ether oxygens (including phenoxy) is 1.